The molecule has 2 rings (SSSR count). The van der Waals surface area contributed by atoms with Crippen LogP contribution in [0.4, 0.5) is 4.79 Å². The fourth-order valence-electron chi connectivity index (χ4n) is 3.41. The van der Waals surface area contributed by atoms with Crippen molar-refractivity contribution in [2.45, 2.75) is 65.6 Å². The van der Waals surface area contributed by atoms with E-state index < -0.39 is 5.54 Å². The second kappa shape index (κ2) is 9.57. The second-order valence-corrected chi connectivity index (χ2v) is 8.01. The molecule has 0 radical (unpaired) electrons. The van der Waals surface area contributed by atoms with Crippen LogP contribution in [0.1, 0.15) is 58.1 Å². The van der Waals surface area contributed by atoms with Gasteiger partial charge in [-0.15, -0.1) is 0 Å². The van der Waals surface area contributed by atoms with E-state index in [-0.39, 0.29) is 17.9 Å². The number of unbranched alkanes of at least 4 members (excludes halogenated alkanes) is 1. The van der Waals surface area contributed by atoms with Crippen molar-refractivity contribution in [3.8, 4) is 0 Å². The zero-order valence-corrected chi connectivity index (χ0v) is 17.4. The van der Waals surface area contributed by atoms with E-state index in [2.05, 4.69) is 36.4 Å². The molecule has 0 saturated carbocycles. The van der Waals surface area contributed by atoms with Crippen LogP contribution in [0.25, 0.3) is 0 Å². The SMILES string of the molecule is CCCCNC(=O)NCc1ccc(CN2C(=O)[C@@](C)(CC(C)C)N=C2N)cc1. The highest BCUT2D eigenvalue weighted by Crippen LogP contribution is 2.29. The first-order chi connectivity index (χ1) is 13.2. The predicted molar refractivity (Wildman–Crippen MR) is 112 cm³/mol. The Bertz CT molecular complexity index is 714. The summed E-state index contributed by atoms with van der Waals surface area (Å²) in [5, 5.41) is 5.66. The number of guanidine groups is 1. The minimum atomic E-state index is -0.771. The molecule has 0 saturated heterocycles. The van der Waals surface area contributed by atoms with E-state index in [4.69, 9.17) is 5.73 Å². The van der Waals surface area contributed by atoms with Gasteiger partial charge in [0.15, 0.2) is 5.96 Å². The molecule has 1 aliphatic rings. The van der Waals surface area contributed by atoms with Gasteiger partial charge in [0.25, 0.3) is 5.91 Å². The number of benzene rings is 1. The van der Waals surface area contributed by atoms with Crippen LogP contribution in [0, 0.1) is 5.92 Å². The molecule has 0 spiro atoms. The molecule has 1 aromatic rings. The number of hydrogen-bond acceptors (Lipinski definition) is 4. The quantitative estimate of drug-likeness (QED) is 0.568. The standard InChI is InChI=1S/C21H33N5O2/c1-5-6-11-23-20(28)24-13-16-7-9-17(10-8-16)14-26-18(27)21(4,12-15(2)3)25-19(26)22/h7-10,15H,5-6,11-14H2,1-4H3,(H2,22,25)(H2,23,24,28)/t21-/m1/s1. The van der Waals surface area contributed by atoms with Gasteiger partial charge >= 0.3 is 6.03 Å². The van der Waals surface area contributed by atoms with E-state index in [1.54, 1.807) is 4.90 Å². The van der Waals surface area contributed by atoms with Gasteiger partial charge in [0.2, 0.25) is 0 Å². The minimum Gasteiger partial charge on any atom is -0.369 e. The van der Waals surface area contributed by atoms with Gasteiger partial charge in [-0.05, 0) is 36.8 Å². The number of aliphatic imine (C=N–C) groups is 1. The summed E-state index contributed by atoms with van der Waals surface area (Å²) in [5.41, 5.74) is 7.22. The summed E-state index contributed by atoms with van der Waals surface area (Å²) in [6, 6.07) is 7.63. The van der Waals surface area contributed by atoms with Crippen molar-refractivity contribution in [2.24, 2.45) is 16.6 Å². The van der Waals surface area contributed by atoms with Crippen LogP contribution in [0.15, 0.2) is 29.3 Å². The van der Waals surface area contributed by atoms with Crippen molar-refractivity contribution in [3.63, 3.8) is 0 Å². The van der Waals surface area contributed by atoms with E-state index >= 15 is 0 Å². The Kier molecular flexibility index (Phi) is 7.43. The molecule has 1 atom stereocenters. The lowest BCUT2D eigenvalue weighted by Crippen LogP contribution is -2.43. The van der Waals surface area contributed by atoms with Gasteiger partial charge in [0.05, 0.1) is 6.54 Å². The summed E-state index contributed by atoms with van der Waals surface area (Å²) in [4.78, 5) is 30.5. The fourth-order valence-corrected chi connectivity index (χ4v) is 3.41. The Balaban J connectivity index is 1.90. The largest absolute Gasteiger partial charge is 0.369 e. The average molecular weight is 388 g/mol. The maximum Gasteiger partial charge on any atom is 0.315 e. The Morgan fingerprint density at radius 2 is 1.86 bits per heavy atom. The van der Waals surface area contributed by atoms with Gasteiger partial charge in [-0.3, -0.25) is 9.69 Å². The lowest BCUT2D eigenvalue weighted by molar-refractivity contribution is -0.131. The Hall–Kier alpha value is -2.57. The number of carbonyl (C=O) groups is 2. The maximum atomic E-state index is 12.8. The molecule has 7 heteroatoms. The van der Waals surface area contributed by atoms with Gasteiger partial charge in [0, 0.05) is 13.1 Å². The van der Waals surface area contributed by atoms with Gasteiger partial charge in [-0.25, -0.2) is 9.79 Å². The molecule has 28 heavy (non-hydrogen) atoms. The average Bonchev–Trinajstić information content (AvgIpc) is 2.83. The first-order valence-corrected chi connectivity index (χ1v) is 10.0. The molecule has 0 bridgehead atoms. The Morgan fingerprint density at radius 3 is 2.46 bits per heavy atom. The number of rotatable bonds is 9. The van der Waals surface area contributed by atoms with Gasteiger partial charge in [-0.2, -0.15) is 0 Å². The number of amides is 3. The van der Waals surface area contributed by atoms with Crippen molar-refractivity contribution in [2.75, 3.05) is 6.54 Å². The van der Waals surface area contributed by atoms with Crippen molar-refractivity contribution in [1.29, 1.82) is 0 Å². The van der Waals surface area contributed by atoms with Crippen molar-refractivity contribution in [1.82, 2.24) is 15.5 Å². The highest BCUT2D eigenvalue weighted by atomic mass is 16.2. The molecule has 7 nitrogen and oxygen atoms in total. The number of carbonyl (C=O) groups excluding carboxylic acids is 2. The minimum absolute atomic E-state index is 0.0480. The number of nitrogens with two attached hydrogens (primary N) is 1. The molecule has 0 aliphatic carbocycles. The van der Waals surface area contributed by atoms with Crippen LogP contribution in [0.3, 0.4) is 0 Å². The van der Waals surface area contributed by atoms with Crippen molar-refractivity contribution in [3.05, 3.63) is 35.4 Å². The lowest BCUT2D eigenvalue weighted by atomic mass is 9.91. The van der Waals surface area contributed by atoms with E-state index in [0.29, 0.717) is 32.0 Å². The van der Waals surface area contributed by atoms with Crippen LogP contribution in [0.5, 0.6) is 0 Å². The molecular weight excluding hydrogens is 354 g/mol. The summed E-state index contributed by atoms with van der Waals surface area (Å²) >= 11 is 0. The summed E-state index contributed by atoms with van der Waals surface area (Å²) < 4.78 is 0. The predicted octanol–water partition coefficient (Wildman–Crippen LogP) is 2.75. The number of nitrogens with one attached hydrogen (secondary N) is 2. The van der Waals surface area contributed by atoms with Crippen molar-refractivity contribution < 1.29 is 9.59 Å². The molecule has 1 heterocycles. The van der Waals surface area contributed by atoms with Gasteiger partial charge in [0.1, 0.15) is 5.54 Å². The zero-order valence-electron chi connectivity index (χ0n) is 17.4. The molecule has 1 aromatic carbocycles. The Labute approximate surface area is 167 Å². The van der Waals surface area contributed by atoms with Crippen LogP contribution in [-0.2, 0) is 17.9 Å². The van der Waals surface area contributed by atoms with E-state index in [0.717, 1.165) is 24.0 Å². The first kappa shape index (κ1) is 21.7. The molecule has 3 amide bonds. The molecule has 1 aliphatic heterocycles. The third-order valence-corrected chi connectivity index (χ3v) is 4.78. The summed E-state index contributed by atoms with van der Waals surface area (Å²) in [5.74, 6) is 0.590. The summed E-state index contributed by atoms with van der Waals surface area (Å²) in [7, 11) is 0. The monoisotopic (exact) mass is 387 g/mol. The highest BCUT2D eigenvalue weighted by Gasteiger charge is 2.43. The van der Waals surface area contributed by atoms with Crippen LogP contribution in [-0.4, -0.2) is 34.9 Å². The van der Waals surface area contributed by atoms with E-state index in [1.807, 2.05) is 31.2 Å². The smallest absolute Gasteiger partial charge is 0.315 e. The normalized spacial score (nSPS) is 19.1. The third kappa shape index (κ3) is 5.71. The first-order valence-electron chi connectivity index (χ1n) is 10.0. The van der Waals surface area contributed by atoms with Crippen LogP contribution < -0.4 is 16.4 Å². The highest BCUT2D eigenvalue weighted by molar-refractivity contribution is 6.06. The lowest BCUT2D eigenvalue weighted by Gasteiger charge is -2.23. The van der Waals surface area contributed by atoms with E-state index in [9.17, 15) is 9.59 Å². The third-order valence-electron chi connectivity index (χ3n) is 4.78. The molecule has 4 N–H and O–H groups in total. The van der Waals surface area contributed by atoms with E-state index in [1.165, 1.54) is 0 Å². The molecule has 0 aromatic heterocycles. The van der Waals surface area contributed by atoms with Gasteiger partial charge < -0.3 is 16.4 Å². The number of urea groups is 1. The van der Waals surface area contributed by atoms with Gasteiger partial charge in [-0.1, -0.05) is 51.5 Å². The van der Waals surface area contributed by atoms with Crippen molar-refractivity contribution >= 4 is 17.9 Å². The number of hydrogen-bond donors (Lipinski definition) is 3. The number of nitrogens with zero attached hydrogens (tertiary/aromatic N) is 2. The zero-order chi connectivity index (χ0) is 20.7. The summed E-state index contributed by atoms with van der Waals surface area (Å²) in [6.07, 6.45) is 2.70. The summed E-state index contributed by atoms with van der Waals surface area (Å²) in [6.45, 7) is 9.62. The molecule has 0 unspecified atom stereocenters. The molecular formula is C21H33N5O2. The molecule has 0 fully saturated rings. The topological polar surface area (TPSA) is 99.8 Å². The van der Waals surface area contributed by atoms with Crippen LogP contribution >= 0.6 is 0 Å². The molecule has 154 valence electrons. The Morgan fingerprint density at radius 1 is 1.21 bits per heavy atom. The fraction of sp³-hybridized carbons (Fsp3) is 0.571. The second-order valence-electron chi connectivity index (χ2n) is 8.01. The maximum absolute atomic E-state index is 12.8. The van der Waals surface area contributed by atoms with Crippen LogP contribution in [0.2, 0.25) is 0 Å².